The SMILES string of the molecule is CCNC(=O)c1cccnc1[O]. The zero-order valence-corrected chi connectivity index (χ0v) is 6.70. The summed E-state index contributed by atoms with van der Waals surface area (Å²) in [5, 5.41) is 13.5. The fraction of sp³-hybridized carbons (Fsp3) is 0.250. The molecule has 0 aromatic carbocycles. The Kier molecular flexibility index (Phi) is 2.63. The zero-order chi connectivity index (χ0) is 8.97. The van der Waals surface area contributed by atoms with Crippen LogP contribution in [0.3, 0.4) is 0 Å². The topological polar surface area (TPSA) is 61.9 Å². The number of pyridine rings is 1. The summed E-state index contributed by atoms with van der Waals surface area (Å²) in [4.78, 5) is 14.6. The van der Waals surface area contributed by atoms with Crippen LogP contribution in [0, 0.1) is 0 Å². The summed E-state index contributed by atoms with van der Waals surface area (Å²) in [6, 6.07) is 3.02. The third kappa shape index (κ3) is 1.72. The molecule has 1 radical (unpaired) electrons. The van der Waals surface area contributed by atoms with Gasteiger partial charge in [-0.15, -0.1) is 0 Å². The second-order valence-electron chi connectivity index (χ2n) is 2.22. The Hall–Kier alpha value is -1.58. The van der Waals surface area contributed by atoms with Crippen molar-refractivity contribution < 1.29 is 9.90 Å². The maximum absolute atomic E-state index is 11.1. The minimum Gasteiger partial charge on any atom is -0.352 e. The molecule has 1 rings (SSSR count). The van der Waals surface area contributed by atoms with E-state index >= 15 is 0 Å². The average molecular weight is 165 g/mol. The van der Waals surface area contributed by atoms with Gasteiger partial charge in [-0.2, -0.15) is 0 Å². The average Bonchev–Trinajstić information content (AvgIpc) is 2.05. The largest absolute Gasteiger partial charge is 0.352 e. The standard InChI is InChI=1S/C8H9N2O2/c1-2-9-7(11)6-4-3-5-10-8(6)12/h3-5H,2H2,1H3,(H,9,11). The molecule has 1 aromatic rings. The molecule has 1 amide bonds. The predicted molar refractivity (Wildman–Crippen MR) is 42.4 cm³/mol. The van der Waals surface area contributed by atoms with Gasteiger partial charge in [-0.3, -0.25) is 9.90 Å². The normalized spacial score (nSPS) is 9.42. The molecule has 0 saturated heterocycles. The number of amides is 1. The number of aromatic nitrogens is 1. The van der Waals surface area contributed by atoms with Gasteiger partial charge >= 0.3 is 0 Å². The lowest BCUT2D eigenvalue weighted by molar-refractivity contribution is 0.0950. The van der Waals surface area contributed by atoms with E-state index in [1.54, 1.807) is 13.0 Å². The number of nitrogens with zero attached hydrogens (tertiary/aromatic N) is 1. The summed E-state index contributed by atoms with van der Waals surface area (Å²) in [5.74, 6) is -0.848. The van der Waals surface area contributed by atoms with Crippen LogP contribution in [0.15, 0.2) is 18.3 Å². The Morgan fingerprint density at radius 3 is 3.00 bits per heavy atom. The fourth-order valence-electron chi connectivity index (χ4n) is 0.819. The first kappa shape index (κ1) is 8.52. The number of rotatable bonds is 2. The van der Waals surface area contributed by atoms with Crippen molar-refractivity contribution in [2.24, 2.45) is 0 Å². The minimum atomic E-state index is -0.483. The van der Waals surface area contributed by atoms with Gasteiger partial charge in [0.05, 0.1) is 0 Å². The maximum Gasteiger partial charge on any atom is 0.282 e. The zero-order valence-electron chi connectivity index (χ0n) is 6.70. The van der Waals surface area contributed by atoms with E-state index in [1.807, 2.05) is 0 Å². The third-order valence-electron chi connectivity index (χ3n) is 1.35. The lowest BCUT2D eigenvalue weighted by Gasteiger charge is -2.00. The molecular weight excluding hydrogens is 156 g/mol. The van der Waals surface area contributed by atoms with Crippen LogP contribution in [0.5, 0.6) is 5.88 Å². The summed E-state index contributed by atoms with van der Waals surface area (Å²) >= 11 is 0. The molecule has 0 aliphatic carbocycles. The van der Waals surface area contributed by atoms with Crippen molar-refractivity contribution in [1.82, 2.24) is 10.3 Å². The van der Waals surface area contributed by atoms with Crippen molar-refractivity contribution in [2.75, 3.05) is 6.54 Å². The van der Waals surface area contributed by atoms with Gasteiger partial charge in [0.15, 0.2) is 0 Å². The van der Waals surface area contributed by atoms with Gasteiger partial charge in [0, 0.05) is 12.7 Å². The van der Waals surface area contributed by atoms with Gasteiger partial charge in [-0.05, 0) is 19.1 Å². The van der Waals surface area contributed by atoms with Crippen molar-refractivity contribution in [3.05, 3.63) is 23.9 Å². The lowest BCUT2D eigenvalue weighted by Crippen LogP contribution is -2.22. The molecule has 0 saturated carbocycles. The van der Waals surface area contributed by atoms with Crippen molar-refractivity contribution in [3.63, 3.8) is 0 Å². The maximum atomic E-state index is 11.1. The second kappa shape index (κ2) is 3.71. The number of nitrogens with one attached hydrogen (secondary N) is 1. The highest BCUT2D eigenvalue weighted by atomic mass is 16.3. The fourth-order valence-corrected chi connectivity index (χ4v) is 0.819. The summed E-state index contributed by atoms with van der Waals surface area (Å²) in [6.45, 7) is 2.30. The first-order valence-electron chi connectivity index (χ1n) is 3.66. The molecule has 1 heterocycles. The van der Waals surface area contributed by atoms with Crippen molar-refractivity contribution in [3.8, 4) is 5.88 Å². The first-order chi connectivity index (χ1) is 5.75. The molecule has 0 bridgehead atoms. The Balaban J connectivity index is 2.87. The van der Waals surface area contributed by atoms with Crippen LogP contribution in [0.2, 0.25) is 0 Å². The van der Waals surface area contributed by atoms with Gasteiger partial charge in [-0.25, -0.2) is 4.98 Å². The Morgan fingerprint density at radius 1 is 1.67 bits per heavy atom. The molecule has 63 valence electrons. The molecule has 12 heavy (non-hydrogen) atoms. The first-order valence-corrected chi connectivity index (χ1v) is 3.66. The highest BCUT2D eigenvalue weighted by Gasteiger charge is 2.10. The molecular formula is C8H9N2O2. The van der Waals surface area contributed by atoms with Crippen LogP contribution in [0.4, 0.5) is 0 Å². The highest BCUT2D eigenvalue weighted by molar-refractivity contribution is 5.96. The van der Waals surface area contributed by atoms with E-state index in [2.05, 4.69) is 10.3 Å². The van der Waals surface area contributed by atoms with E-state index in [9.17, 15) is 9.90 Å². The molecule has 1 aromatic heterocycles. The van der Waals surface area contributed by atoms with Crippen LogP contribution in [-0.4, -0.2) is 17.4 Å². The molecule has 0 unspecified atom stereocenters. The van der Waals surface area contributed by atoms with Crippen molar-refractivity contribution in [2.45, 2.75) is 6.92 Å². The Labute approximate surface area is 70.3 Å². The van der Waals surface area contributed by atoms with Crippen LogP contribution < -0.4 is 5.32 Å². The second-order valence-corrected chi connectivity index (χ2v) is 2.22. The van der Waals surface area contributed by atoms with Crippen LogP contribution in [0.1, 0.15) is 17.3 Å². The van der Waals surface area contributed by atoms with E-state index in [-0.39, 0.29) is 11.5 Å². The molecule has 4 heteroatoms. The summed E-state index contributed by atoms with van der Waals surface area (Å²) in [7, 11) is 0. The number of carbonyl (C=O) groups excluding carboxylic acids is 1. The smallest absolute Gasteiger partial charge is 0.282 e. The molecule has 0 aliphatic heterocycles. The van der Waals surface area contributed by atoms with Crippen LogP contribution >= 0.6 is 0 Å². The quantitative estimate of drug-likeness (QED) is 0.709. The van der Waals surface area contributed by atoms with Crippen molar-refractivity contribution >= 4 is 5.91 Å². The van der Waals surface area contributed by atoms with E-state index in [0.29, 0.717) is 6.54 Å². The van der Waals surface area contributed by atoms with Gasteiger partial charge in [0.25, 0.3) is 11.8 Å². The summed E-state index contributed by atoms with van der Waals surface area (Å²) < 4.78 is 0. The predicted octanol–water partition coefficient (Wildman–Crippen LogP) is 0.975. The van der Waals surface area contributed by atoms with Crippen molar-refractivity contribution in [1.29, 1.82) is 0 Å². The molecule has 0 fully saturated rings. The number of carbonyl (C=O) groups is 1. The van der Waals surface area contributed by atoms with Gasteiger partial charge in [0.1, 0.15) is 5.56 Å². The lowest BCUT2D eigenvalue weighted by atomic mass is 10.2. The van der Waals surface area contributed by atoms with E-state index in [4.69, 9.17) is 0 Å². The third-order valence-corrected chi connectivity index (χ3v) is 1.35. The Bertz CT molecular complexity index is 286. The van der Waals surface area contributed by atoms with Crippen LogP contribution in [-0.2, 0) is 5.11 Å². The molecule has 0 spiro atoms. The molecule has 0 aliphatic rings. The molecule has 1 N–H and O–H groups in total. The van der Waals surface area contributed by atoms with Crippen LogP contribution in [0.25, 0.3) is 0 Å². The summed E-state index contributed by atoms with van der Waals surface area (Å²) in [5.41, 5.74) is 0.0966. The van der Waals surface area contributed by atoms with E-state index in [1.165, 1.54) is 12.3 Å². The van der Waals surface area contributed by atoms with Gasteiger partial charge in [0.2, 0.25) is 0 Å². The Morgan fingerprint density at radius 2 is 2.42 bits per heavy atom. The highest BCUT2D eigenvalue weighted by Crippen LogP contribution is 2.11. The minimum absolute atomic E-state index is 0.0966. The van der Waals surface area contributed by atoms with Gasteiger partial charge in [-0.1, -0.05) is 0 Å². The molecule has 0 atom stereocenters. The van der Waals surface area contributed by atoms with E-state index < -0.39 is 5.88 Å². The van der Waals surface area contributed by atoms with E-state index in [0.717, 1.165) is 0 Å². The monoisotopic (exact) mass is 165 g/mol. The molecule has 4 nitrogen and oxygen atoms in total. The number of hydrogen-bond donors (Lipinski definition) is 1. The summed E-state index contributed by atoms with van der Waals surface area (Å²) in [6.07, 6.45) is 1.37. The van der Waals surface area contributed by atoms with Gasteiger partial charge < -0.3 is 5.32 Å². The number of hydrogen-bond acceptors (Lipinski definition) is 2.